The first-order valence-corrected chi connectivity index (χ1v) is 13.1. The van der Waals surface area contributed by atoms with Gasteiger partial charge in [0.1, 0.15) is 0 Å². The third-order valence-corrected chi connectivity index (χ3v) is 7.80. The van der Waals surface area contributed by atoms with Gasteiger partial charge in [0.15, 0.2) is 0 Å². The Bertz CT molecular complexity index is 1620. The van der Waals surface area contributed by atoms with Gasteiger partial charge in [0, 0.05) is 23.0 Å². The quantitative estimate of drug-likeness (QED) is 0.389. The number of amides is 1. The van der Waals surface area contributed by atoms with E-state index in [-0.39, 0.29) is 24.1 Å². The molecule has 0 saturated heterocycles. The second-order valence-electron chi connectivity index (χ2n) is 9.59. The maximum absolute atomic E-state index is 13.5. The molecular formula is C28H24Cl2N6O2. The molecule has 10 heteroatoms. The fourth-order valence-electron chi connectivity index (χ4n) is 5.48. The van der Waals surface area contributed by atoms with Crippen LogP contribution in [0.5, 0.6) is 0 Å². The molecule has 1 aliphatic heterocycles. The van der Waals surface area contributed by atoms with E-state index in [9.17, 15) is 9.59 Å². The van der Waals surface area contributed by atoms with Crippen molar-refractivity contribution in [2.24, 2.45) is 10.8 Å². The lowest BCUT2D eigenvalue weighted by Crippen LogP contribution is -2.37. The van der Waals surface area contributed by atoms with Crippen molar-refractivity contribution in [3.8, 4) is 5.69 Å². The number of anilines is 1. The van der Waals surface area contributed by atoms with Crippen LogP contribution in [0, 0.1) is 0 Å². The molecule has 4 aromatic rings. The highest BCUT2D eigenvalue weighted by molar-refractivity contribution is 6.31. The number of hydrogen-bond acceptors (Lipinski definition) is 5. The molecule has 2 heterocycles. The fourth-order valence-corrected chi connectivity index (χ4v) is 5.73. The van der Waals surface area contributed by atoms with Crippen LogP contribution in [-0.4, -0.2) is 32.5 Å². The normalized spacial score (nSPS) is 18.2. The molecule has 0 saturated carbocycles. The highest BCUT2D eigenvalue weighted by Gasteiger charge is 2.49. The molecule has 1 unspecified atom stereocenters. The van der Waals surface area contributed by atoms with Crippen molar-refractivity contribution in [3.63, 3.8) is 0 Å². The van der Waals surface area contributed by atoms with Crippen LogP contribution in [0.1, 0.15) is 29.5 Å². The summed E-state index contributed by atoms with van der Waals surface area (Å²) in [4.78, 5) is 25.2. The van der Waals surface area contributed by atoms with Crippen molar-refractivity contribution in [1.29, 1.82) is 0 Å². The first-order valence-electron chi connectivity index (χ1n) is 12.3. The van der Waals surface area contributed by atoms with E-state index in [2.05, 4.69) is 18.2 Å². The number of nitrogens with two attached hydrogens (primary N) is 1. The minimum Gasteiger partial charge on any atom is -0.370 e. The Morgan fingerprint density at radius 3 is 2.37 bits per heavy atom. The van der Waals surface area contributed by atoms with E-state index in [1.54, 1.807) is 29.3 Å². The molecule has 1 aliphatic carbocycles. The number of fused-ring (bicyclic) bond motifs is 2. The first-order chi connectivity index (χ1) is 18.4. The molecule has 1 amide bonds. The molecule has 192 valence electrons. The van der Waals surface area contributed by atoms with E-state index in [0.717, 1.165) is 24.1 Å². The van der Waals surface area contributed by atoms with E-state index in [0.29, 0.717) is 28.2 Å². The summed E-state index contributed by atoms with van der Waals surface area (Å²) in [6.45, 7) is 0.582. The molecule has 38 heavy (non-hydrogen) atoms. The first kappa shape index (κ1) is 24.5. The monoisotopic (exact) mass is 546 g/mol. The van der Waals surface area contributed by atoms with E-state index in [1.807, 2.05) is 30.3 Å². The molecule has 6 rings (SSSR count). The predicted octanol–water partition coefficient (Wildman–Crippen LogP) is 4.32. The summed E-state index contributed by atoms with van der Waals surface area (Å²) in [5, 5.41) is 12.7. The van der Waals surface area contributed by atoms with E-state index in [1.165, 1.54) is 20.4 Å². The number of aryl methyl sites for hydroxylation is 1. The molecular weight excluding hydrogens is 523 g/mol. The van der Waals surface area contributed by atoms with Gasteiger partial charge < -0.3 is 5.73 Å². The largest absolute Gasteiger partial charge is 0.370 e. The molecule has 0 radical (unpaired) electrons. The third-order valence-electron chi connectivity index (χ3n) is 7.29. The summed E-state index contributed by atoms with van der Waals surface area (Å²) in [6.07, 6.45) is 1.78. The molecule has 0 bridgehead atoms. The number of carbonyl (C=O) groups excluding carboxylic acids is 1. The number of rotatable bonds is 6. The topological polar surface area (TPSA) is 98.5 Å². The number of carbonyl (C=O) groups is 1. The zero-order chi connectivity index (χ0) is 26.4. The van der Waals surface area contributed by atoms with Crippen LogP contribution in [0.2, 0.25) is 10.0 Å². The molecule has 1 spiro atoms. The lowest BCUT2D eigenvalue weighted by Gasteiger charge is -2.27. The lowest BCUT2D eigenvalue weighted by molar-refractivity contribution is -0.118. The number of hydrazone groups is 1. The van der Waals surface area contributed by atoms with Crippen molar-refractivity contribution < 1.29 is 4.79 Å². The van der Waals surface area contributed by atoms with Crippen molar-refractivity contribution >= 4 is 40.8 Å². The van der Waals surface area contributed by atoms with Gasteiger partial charge in [-0.15, -0.1) is 5.10 Å². The van der Waals surface area contributed by atoms with Crippen LogP contribution < -0.4 is 16.4 Å². The number of hydrogen-bond donors (Lipinski definition) is 1. The summed E-state index contributed by atoms with van der Waals surface area (Å²) in [7, 11) is 0. The second kappa shape index (κ2) is 9.45. The van der Waals surface area contributed by atoms with Gasteiger partial charge in [-0.1, -0.05) is 59.6 Å². The Labute approximate surface area is 228 Å². The molecule has 8 nitrogen and oxygen atoms in total. The van der Waals surface area contributed by atoms with Crippen LogP contribution in [0.25, 0.3) is 5.69 Å². The van der Waals surface area contributed by atoms with E-state index < -0.39 is 5.91 Å². The van der Waals surface area contributed by atoms with Gasteiger partial charge in [0.25, 0.3) is 0 Å². The Morgan fingerprint density at radius 2 is 1.66 bits per heavy atom. The van der Waals surface area contributed by atoms with Crippen LogP contribution in [0.4, 0.5) is 5.95 Å². The van der Waals surface area contributed by atoms with Crippen molar-refractivity contribution in [3.05, 3.63) is 110 Å². The zero-order valence-corrected chi connectivity index (χ0v) is 21.9. The maximum Gasteiger partial charge on any atom is 0.352 e. The minimum absolute atomic E-state index is 0.00517. The standard InChI is InChI=1S/C28H24Cl2N6O2/c29-20-7-5-19(6-8-20)25-28(15-13-18-3-1-2-4-23(18)28)17-35(32-25)26-33-36(22-11-9-21(30)10-12-22)27(38)34(26)16-14-24(31)37/h1-12H,13-17H2,(H2,31,37). The number of aromatic nitrogens is 3. The Hall–Kier alpha value is -3.88. The Kier molecular flexibility index (Phi) is 6.08. The maximum atomic E-state index is 13.5. The van der Waals surface area contributed by atoms with Gasteiger partial charge in [-0.05, 0) is 65.9 Å². The fraction of sp³-hybridized carbons (Fsp3) is 0.214. The average molecular weight is 547 g/mol. The van der Waals surface area contributed by atoms with E-state index >= 15 is 0 Å². The molecule has 2 aliphatic rings. The molecule has 0 fully saturated rings. The van der Waals surface area contributed by atoms with Gasteiger partial charge in [-0.2, -0.15) is 9.78 Å². The van der Waals surface area contributed by atoms with Crippen molar-refractivity contribution in [1.82, 2.24) is 14.3 Å². The Morgan fingerprint density at radius 1 is 0.974 bits per heavy atom. The molecule has 3 aromatic carbocycles. The van der Waals surface area contributed by atoms with Crippen LogP contribution in [-0.2, 0) is 23.2 Å². The number of halogens is 2. The predicted molar refractivity (Wildman–Crippen MR) is 148 cm³/mol. The third kappa shape index (κ3) is 4.10. The molecule has 1 atom stereocenters. The van der Waals surface area contributed by atoms with Gasteiger partial charge in [-0.25, -0.2) is 9.80 Å². The van der Waals surface area contributed by atoms with Gasteiger partial charge in [0.05, 0.1) is 23.4 Å². The Balaban J connectivity index is 1.51. The van der Waals surface area contributed by atoms with Crippen LogP contribution in [0.15, 0.2) is 82.7 Å². The number of primary amides is 1. The lowest BCUT2D eigenvalue weighted by atomic mass is 9.75. The summed E-state index contributed by atoms with van der Waals surface area (Å²) < 4.78 is 2.76. The minimum atomic E-state index is -0.505. The number of benzene rings is 3. The second-order valence-corrected chi connectivity index (χ2v) is 10.5. The summed E-state index contributed by atoms with van der Waals surface area (Å²) in [5.74, 6) is -0.158. The van der Waals surface area contributed by atoms with Crippen LogP contribution >= 0.6 is 23.2 Å². The van der Waals surface area contributed by atoms with Crippen molar-refractivity contribution in [2.45, 2.75) is 31.2 Å². The smallest absolute Gasteiger partial charge is 0.352 e. The molecule has 1 aromatic heterocycles. The summed E-state index contributed by atoms with van der Waals surface area (Å²) in [5.41, 5.74) is 9.58. The summed E-state index contributed by atoms with van der Waals surface area (Å²) >= 11 is 12.3. The highest BCUT2D eigenvalue weighted by atomic mass is 35.5. The van der Waals surface area contributed by atoms with Gasteiger partial charge >= 0.3 is 5.69 Å². The van der Waals surface area contributed by atoms with Gasteiger partial charge in [-0.3, -0.25) is 9.36 Å². The van der Waals surface area contributed by atoms with E-state index in [4.69, 9.17) is 39.1 Å². The van der Waals surface area contributed by atoms with Gasteiger partial charge in [0.2, 0.25) is 11.9 Å². The summed E-state index contributed by atoms with van der Waals surface area (Å²) in [6, 6.07) is 22.9. The highest BCUT2D eigenvalue weighted by Crippen LogP contribution is 2.46. The molecule has 2 N–H and O–H groups in total. The van der Waals surface area contributed by atoms with Crippen molar-refractivity contribution in [2.75, 3.05) is 11.6 Å². The zero-order valence-electron chi connectivity index (χ0n) is 20.3. The SMILES string of the molecule is NC(=O)CCn1c(N2CC3(CCc4ccccc43)C(c3ccc(Cl)cc3)=N2)nn(-c2ccc(Cl)cc2)c1=O. The van der Waals surface area contributed by atoms with Crippen LogP contribution in [0.3, 0.4) is 0 Å². The average Bonchev–Trinajstić information content (AvgIpc) is 3.58. The number of nitrogens with zero attached hydrogens (tertiary/aromatic N) is 5.